The number of aliphatic hydroxyl groups excluding tert-OH is 10. The molecule has 3 fully saturated rings. The molecule has 20 atom stereocenters. The highest BCUT2D eigenvalue weighted by atomic mass is 31.2. The van der Waals surface area contributed by atoms with Crippen molar-refractivity contribution in [1.82, 2.24) is 10.6 Å². The first kappa shape index (κ1) is 107. The Morgan fingerprint density at radius 1 is 0.368 bits per heavy atom. The maximum atomic E-state index is 13.6. The summed E-state index contributed by atoms with van der Waals surface area (Å²) in [4.78, 5) is 65.9. The fourth-order valence-corrected chi connectivity index (χ4v) is 14.7. The molecule has 0 saturated carbocycles. The standard InChI is InChI=1S/C68H134N2O40P4/c1-49(2)96-31-18-23-91-43-53(39-71)44-92-24-19-35-106-114(89,90)107-48-68(45-93-25-20-36-103-111(83,84)100-32-15-9-6-12-28-97-65-50(3)59(77)60(78)54(40-72)108-65,46-94-26-21-37-104-112(85,86)101-33-16-10-7-13-29-98-66-57(69-51(4)75)63(81)61(79)55(41-73)109-66)47-95-27-22-38-105-113(87,88)102-34-17-11-8-14-30-99-67-58(70-52(5)76)64(82)62(80)56(42-74)110-67/h49-50,53-67,71-74,77-82H,6-48H2,1-5H3,(H,69,75)(H,70,76)(H,83,84)(H,85,86)(H,87,88)(H,89,90)/t50?,53?,54?,55?,56?,57?,58?,59-,60+,61+,62+,63-,64-,65-,66-,67-,68?/m1/s1. The normalized spacial score (nSPS) is 27.1. The quantitative estimate of drug-likeness (QED) is 0.0301. The van der Waals surface area contributed by atoms with Gasteiger partial charge in [0.1, 0.15) is 60.9 Å². The number of phosphoric ester groups is 4. The molecule has 42 nitrogen and oxygen atoms in total. The zero-order valence-corrected chi connectivity index (χ0v) is 70.0. The van der Waals surface area contributed by atoms with Crippen LogP contribution in [0.4, 0.5) is 0 Å². The second-order valence-electron chi connectivity index (χ2n) is 28.3. The molecule has 0 aromatic heterocycles. The van der Waals surface area contributed by atoms with Gasteiger partial charge in [0.05, 0.1) is 130 Å². The van der Waals surface area contributed by atoms with E-state index in [1.807, 2.05) is 13.8 Å². The molecule has 11 unspecified atom stereocenters. The molecule has 676 valence electrons. The van der Waals surface area contributed by atoms with Crippen LogP contribution in [0.15, 0.2) is 0 Å². The van der Waals surface area contributed by atoms with Gasteiger partial charge in [0.15, 0.2) is 18.9 Å². The number of hydrogen-bond donors (Lipinski definition) is 16. The van der Waals surface area contributed by atoms with Crippen LogP contribution < -0.4 is 10.6 Å². The van der Waals surface area contributed by atoms with E-state index in [1.165, 1.54) is 13.8 Å². The fourth-order valence-electron chi connectivity index (χ4n) is 11.4. The van der Waals surface area contributed by atoms with Crippen molar-refractivity contribution in [3.63, 3.8) is 0 Å². The summed E-state index contributed by atoms with van der Waals surface area (Å²) in [7, 11) is -18.6. The van der Waals surface area contributed by atoms with Crippen molar-refractivity contribution in [2.75, 3.05) is 172 Å². The van der Waals surface area contributed by atoms with Crippen molar-refractivity contribution in [3.8, 4) is 0 Å². The summed E-state index contributed by atoms with van der Waals surface area (Å²) in [5, 5.41) is 105. The Hall–Kier alpha value is -1.50. The molecule has 0 aromatic carbocycles. The van der Waals surface area contributed by atoms with E-state index in [-0.39, 0.29) is 170 Å². The molecule has 3 saturated heterocycles. The van der Waals surface area contributed by atoms with Gasteiger partial charge in [0, 0.05) is 85.1 Å². The molecule has 0 radical (unpaired) electrons. The van der Waals surface area contributed by atoms with E-state index in [0.29, 0.717) is 96.7 Å². The minimum Gasteiger partial charge on any atom is -0.396 e. The third-order valence-corrected chi connectivity index (χ3v) is 21.8. The van der Waals surface area contributed by atoms with E-state index >= 15 is 0 Å². The van der Waals surface area contributed by atoms with Crippen molar-refractivity contribution in [2.24, 2.45) is 17.3 Å². The number of carbonyl (C=O) groups is 2. The molecule has 3 heterocycles. The van der Waals surface area contributed by atoms with Gasteiger partial charge >= 0.3 is 31.3 Å². The van der Waals surface area contributed by atoms with Crippen LogP contribution in [0.2, 0.25) is 0 Å². The number of hydrogen-bond acceptors (Lipinski definition) is 36. The minimum absolute atomic E-state index is 0.00271. The predicted octanol–water partition coefficient (Wildman–Crippen LogP) is 1.27. The van der Waals surface area contributed by atoms with Gasteiger partial charge in [-0.3, -0.25) is 45.8 Å². The van der Waals surface area contributed by atoms with Crippen LogP contribution in [0, 0.1) is 17.3 Å². The van der Waals surface area contributed by atoms with Gasteiger partial charge < -0.3 is 138 Å². The number of unbranched alkanes of at least 4 members (excludes halogenated alkanes) is 9. The SMILES string of the molecule is CC(=O)NC1[C@H](OCCCCCCOP(=O)(O)OCCCOCC(COCCCOP(=O)(O)OCCCCCCO[C@@H]2OC(CO)[C@H](O)[C@H](O)C2C)(COCCCOP(=O)(O)OCCCCCCO[C@@H]2OC(CO)[C@H](O)[C@H](O)C2NC(C)=O)COP(=O)(O)OCCCOCC(CO)COCCCOC(C)C)OC(CO)[C@H](O)[C@@H]1O. The third kappa shape index (κ3) is 46.1. The Bertz CT molecular complexity index is 2600. The van der Waals surface area contributed by atoms with Crippen LogP contribution in [0.5, 0.6) is 0 Å². The van der Waals surface area contributed by atoms with Crippen LogP contribution in [0.1, 0.15) is 144 Å². The monoisotopic (exact) mass is 1740 g/mol. The molecular weight excluding hydrogens is 1610 g/mol. The van der Waals surface area contributed by atoms with Crippen molar-refractivity contribution in [2.45, 2.75) is 236 Å². The van der Waals surface area contributed by atoms with Crippen molar-refractivity contribution >= 4 is 43.1 Å². The van der Waals surface area contributed by atoms with E-state index in [9.17, 15) is 98.5 Å². The zero-order valence-electron chi connectivity index (χ0n) is 66.4. The molecule has 46 heteroatoms. The van der Waals surface area contributed by atoms with Gasteiger partial charge in [-0.05, 0) is 84.5 Å². The Kier molecular flexibility index (Phi) is 56.2. The van der Waals surface area contributed by atoms with Crippen LogP contribution in [0.3, 0.4) is 0 Å². The predicted molar refractivity (Wildman–Crippen MR) is 399 cm³/mol. The van der Waals surface area contributed by atoms with Crippen LogP contribution in [-0.4, -0.2) is 346 Å². The number of carbonyl (C=O) groups excluding carboxylic acids is 2. The summed E-state index contributed by atoms with van der Waals surface area (Å²) in [6.45, 7) is 3.85. The molecule has 0 spiro atoms. The summed E-state index contributed by atoms with van der Waals surface area (Å²) in [6.07, 6.45) is -7.98. The highest BCUT2D eigenvalue weighted by Gasteiger charge is 2.48. The Labute approximate surface area is 667 Å². The number of phosphoric acid groups is 4. The molecule has 114 heavy (non-hydrogen) atoms. The van der Waals surface area contributed by atoms with Gasteiger partial charge in [-0.15, -0.1) is 0 Å². The first-order valence-electron chi connectivity index (χ1n) is 39.1. The Balaban J connectivity index is 1.62. The smallest absolute Gasteiger partial charge is 0.396 e. The van der Waals surface area contributed by atoms with Crippen molar-refractivity contribution < 1.29 is 192 Å². The molecule has 0 bridgehead atoms. The van der Waals surface area contributed by atoms with E-state index in [1.54, 1.807) is 6.92 Å². The van der Waals surface area contributed by atoms with Crippen LogP contribution >= 0.6 is 31.3 Å². The highest BCUT2D eigenvalue weighted by Crippen LogP contribution is 2.47. The summed E-state index contributed by atoms with van der Waals surface area (Å²) in [5.74, 6) is -1.90. The molecule has 16 N–H and O–H groups in total. The molecule has 3 aliphatic rings. The number of ether oxygens (including phenoxy) is 12. The van der Waals surface area contributed by atoms with E-state index < -0.39 is 167 Å². The number of rotatable bonds is 71. The Morgan fingerprint density at radius 2 is 0.658 bits per heavy atom. The molecule has 0 aliphatic carbocycles. The first-order valence-corrected chi connectivity index (χ1v) is 45.1. The highest BCUT2D eigenvalue weighted by molar-refractivity contribution is 7.48. The summed E-state index contributed by atoms with van der Waals surface area (Å²) < 4.78 is 163. The van der Waals surface area contributed by atoms with Gasteiger partial charge in [-0.25, -0.2) is 18.3 Å². The Morgan fingerprint density at radius 3 is 0.982 bits per heavy atom. The van der Waals surface area contributed by atoms with Crippen molar-refractivity contribution in [3.05, 3.63) is 0 Å². The van der Waals surface area contributed by atoms with Gasteiger partial charge in [0.2, 0.25) is 11.8 Å². The third-order valence-electron chi connectivity index (χ3n) is 17.8. The van der Waals surface area contributed by atoms with E-state index in [4.69, 9.17) is 93.0 Å². The molecule has 3 rings (SSSR count). The fraction of sp³-hybridized carbons (Fsp3) is 0.971. The maximum Gasteiger partial charge on any atom is 0.472 e. The minimum atomic E-state index is -4.90. The topological polar surface area (TPSA) is 594 Å². The lowest BCUT2D eigenvalue weighted by Gasteiger charge is -2.42. The largest absolute Gasteiger partial charge is 0.472 e. The summed E-state index contributed by atoms with van der Waals surface area (Å²) in [5.41, 5.74) is -1.50. The van der Waals surface area contributed by atoms with Gasteiger partial charge in [-0.2, -0.15) is 0 Å². The maximum absolute atomic E-state index is 13.6. The average Bonchev–Trinajstić information content (AvgIpc) is 0.814. The second kappa shape index (κ2) is 60.1. The van der Waals surface area contributed by atoms with Gasteiger partial charge in [-0.1, -0.05) is 45.4 Å². The molecule has 2 amide bonds. The second-order valence-corrected chi connectivity index (χ2v) is 34.1. The number of amides is 2. The molecule has 0 aromatic rings. The van der Waals surface area contributed by atoms with Crippen LogP contribution in [0.25, 0.3) is 0 Å². The van der Waals surface area contributed by atoms with Crippen molar-refractivity contribution in [1.29, 1.82) is 0 Å². The van der Waals surface area contributed by atoms with E-state index in [0.717, 1.165) is 0 Å². The lowest BCUT2D eigenvalue weighted by molar-refractivity contribution is -0.282. The van der Waals surface area contributed by atoms with E-state index in [2.05, 4.69) is 10.6 Å². The lowest BCUT2D eigenvalue weighted by Crippen LogP contribution is -2.64. The number of aliphatic hydroxyl groups is 10. The number of nitrogens with one attached hydrogen (secondary N) is 2. The first-order chi connectivity index (χ1) is 54.2. The lowest BCUT2D eigenvalue weighted by atomic mass is 9.92. The summed E-state index contributed by atoms with van der Waals surface area (Å²) in [6, 6.07) is -2.21. The summed E-state index contributed by atoms with van der Waals surface area (Å²) >= 11 is 0. The molecular formula is C68H134N2O40P4. The average molecular weight is 1740 g/mol. The zero-order chi connectivity index (χ0) is 84.4. The van der Waals surface area contributed by atoms with Gasteiger partial charge in [0.25, 0.3) is 0 Å². The van der Waals surface area contributed by atoms with Crippen LogP contribution in [-0.2, 0) is 121 Å². The molecule has 3 aliphatic heterocycles.